The Labute approximate surface area is 301 Å². The Balaban J connectivity index is 2.15. The van der Waals surface area contributed by atoms with Crippen molar-refractivity contribution in [2.75, 3.05) is 6.54 Å². The first-order chi connectivity index (χ1) is 24.0. The zero-order chi connectivity index (χ0) is 38.2. The van der Waals surface area contributed by atoms with Gasteiger partial charge in [0.1, 0.15) is 36.8 Å². The Bertz CT molecular complexity index is 1430. The SMILES string of the molecule is Cc1nc(COC(=O)NC(CC(=O)OCc2ccccc2)C(=O)NC(CC(C)C)C(O)CC(C)C(=O)NC(C(=O)NCC(C)C)C(C)C)c(C)o1. The van der Waals surface area contributed by atoms with Crippen molar-refractivity contribution >= 4 is 29.8 Å². The lowest BCUT2D eigenvalue weighted by Crippen LogP contribution is -2.54. The van der Waals surface area contributed by atoms with Gasteiger partial charge < -0.3 is 40.3 Å². The molecule has 0 saturated heterocycles. The van der Waals surface area contributed by atoms with E-state index in [0.717, 1.165) is 5.56 Å². The van der Waals surface area contributed by atoms with Gasteiger partial charge >= 0.3 is 12.1 Å². The molecule has 0 spiro atoms. The number of carbonyl (C=O) groups excluding carboxylic acids is 5. The summed E-state index contributed by atoms with van der Waals surface area (Å²) in [7, 11) is 0. The number of amides is 4. The third kappa shape index (κ3) is 15.5. The van der Waals surface area contributed by atoms with Crippen LogP contribution in [0.25, 0.3) is 0 Å². The number of carbonyl (C=O) groups is 5. The van der Waals surface area contributed by atoms with E-state index < -0.39 is 60.4 Å². The molecule has 51 heavy (non-hydrogen) atoms. The number of aryl methyl sites for hydroxylation is 2. The summed E-state index contributed by atoms with van der Waals surface area (Å²) in [6.07, 6.45) is -2.38. The fraction of sp³-hybridized carbons (Fsp3) is 0.622. The van der Waals surface area contributed by atoms with Crippen molar-refractivity contribution in [3.63, 3.8) is 0 Å². The molecule has 0 radical (unpaired) electrons. The second-order valence-electron chi connectivity index (χ2n) is 14.2. The summed E-state index contributed by atoms with van der Waals surface area (Å²) in [5, 5.41) is 22.2. The Kier molecular flexibility index (Phi) is 17.6. The van der Waals surface area contributed by atoms with Crippen LogP contribution in [0.3, 0.4) is 0 Å². The van der Waals surface area contributed by atoms with Crippen LogP contribution < -0.4 is 21.3 Å². The van der Waals surface area contributed by atoms with Gasteiger partial charge in [-0.15, -0.1) is 0 Å². The summed E-state index contributed by atoms with van der Waals surface area (Å²) < 4.78 is 16.0. The quantitative estimate of drug-likeness (QED) is 0.126. The normalized spacial score (nSPS) is 14.3. The van der Waals surface area contributed by atoms with E-state index in [1.165, 1.54) is 0 Å². The van der Waals surface area contributed by atoms with Crippen LogP contribution in [0.4, 0.5) is 4.79 Å². The largest absolute Gasteiger partial charge is 0.461 e. The maximum Gasteiger partial charge on any atom is 0.408 e. The Morgan fingerprint density at radius 3 is 2.04 bits per heavy atom. The molecule has 0 aliphatic carbocycles. The highest BCUT2D eigenvalue weighted by Crippen LogP contribution is 2.17. The standard InChI is InChI=1S/C37H57N5O9/c1-21(2)15-28(31(43)16-24(7)34(45)42-33(23(5)6)36(47)38-18-22(3)4)40-35(46)29(17-32(44)49-19-27-13-11-10-12-14-27)41-37(48)50-20-30-25(8)51-26(9)39-30/h10-14,21-24,28-29,31,33,43H,15-20H2,1-9H3,(H,38,47)(H,40,46)(H,41,48)(H,42,45). The highest BCUT2D eigenvalue weighted by molar-refractivity contribution is 5.90. The van der Waals surface area contributed by atoms with Gasteiger partial charge in [-0.25, -0.2) is 9.78 Å². The second kappa shape index (κ2) is 21.0. The average molecular weight is 716 g/mol. The molecule has 5 unspecified atom stereocenters. The Morgan fingerprint density at radius 2 is 1.47 bits per heavy atom. The number of hydrogen-bond donors (Lipinski definition) is 5. The summed E-state index contributed by atoms with van der Waals surface area (Å²) in [6.45, 7) is 16.6. The van der Waals surface area contributed by atoms with E-state index in [-0.39, 0.29) is 43.3 Å². The summed E-state index contributed by atoms with van der Waals surface area (Å²) in [5.74, 6) is -1.94. The highest BCUT2D eigenvalue weighted by Gasteiger charge is 2.33. The molecular formula is C37H57N5O9. The molecule has 5 N–H and O–H groups in total. The van der Waals surface area contributed by atoms with E-state index in [1.807, 2.05) is 47.6 Å². The van der Waals surface area contributed by atoms with Crippen LogP contribution in [0.5, 0.6) is 0 Å². The molecule has 2 rings (SSSR count). The van der Waals surface area contributed by atoms with Gasteiger partial charge in [0.25, 0.3) is 0 Å². The van der Waals surface area contributed by atoms with Gasteiger partial charge in [0.2, 0.25) is 17.7 Å². The first-order valence-corrected chi connectivity index (χ1v) is 17.6. The number of hydrogen-bond acceptors (Lipinski definition) is 10. The predicted molar refractivity (Wildman–Crippen MR) is 190 cm³/mol. The zero-order valence-electron chi connectivity index (χ0n) is 31.4. The van der Waals surface area contributed by atoms with E-state index in [4.69, 9.17) is 13.9 Å². The minimum Gasteiger partial charge on any atom is -0.461 e. The van der Waals surface area contributed by atoms with Gasteiger partial charge in [0.05, 0.1) is 18.6 Å². The fourth-order valence-corrected chi connectivity index (χ4v) is 5.18. The third-order valence-electron chi connectivity index (χ3n) is 8.05. The van der Waals surface area contributed by atoms with Gasteiger partial charge in [-0.05, 0) is 43.1 Å². The van der Waals surface area contributed by atoms with Gasteiger partial charge in [0, 0.05) is 19.4 Å². The number of aromatic nitrogens is 1. The lowest BCUT2D eigenvalue weighted by atomic mass is 9.91. The lowest BCUT2D eigenvalue weighted by molar-refractivity contribution is -0.147. The van der Waals surface area contributed by atoms with E-state index >= 15 is 0 Å². The van der Waals surface area contributed by atoms with E-state index in [2.05, 4.69) is 26.3 Å². The summed E-state index contributed by atoms with van der Waals surface area (Å²) in [5.41, 5.74) is 1.15. The molecule has 1 aromatic heterocycles. The molecule has 0 bridgehead atoms. The number of aliphatic hydroxyl groups excluding tert-OH is 1. The van der Waals surface area contributed by atoms with Crippen molar-refractivity contribution in [3.05, 3.63) is 53.2 Å². The highest BCUT2D eigenvalue weighted by atomic mass is 16.6. The summed E-state index contributed by atoms with van der Waals surface area (Å²) >= 11 is 0. The third-order valence-corrected chi connectivity index (χ3v) is 8.05. The molecule has 0 saturated carbocycles. The van der Waals surface area contributed by atoms with Gasteiger partial charge in [-0.3, -0.25) is 19.2 Å². The van der Waals surface area contributed by atoms with Crippen LogP contribution in [0.1, 0.15) is 90.6 Å². The van der Waals surface area contributed by atoms with Crippen LogP contribution in [0.15, 0.2) is 34.7 Å². The van der Waals surface area contributed by atoms with Crippen molar-refractivity contribution in [2.24, 2.45) is 23.7 Å². The topological polar surface area (TPSA) is 198 Å². The number of nitrogens with zero attached hydrogens (tertiary/aromatic N) is 1. The Hall–Kier alpha value is -4.46. The maximum absolute atomic E-state index is 13.7. The number of benzene rings is 1. The first-order valence-electron chi connectivity index (χ1n) is 17.6. The van der Waals surface area contributed by atoms with Gasteiger partial charge in [0.15, 0.2) is 5.89 Å². The molecule has 14 nitrogen and oxygen atoms in total. The number of alkyl carbamates (subject to hydrolysis) is 1. The monoisotopic (exact) mass is 715 g/mol. The molecule has 284 valence electrons. The predicted octanol–water partition coefficient (Wildman–Crippen LogP) is 3.85. The molecule has 1 heterocycles. The van der Waals surface area contributed by atoms with Gasteiger partial charge in [-0.2, -0.15) is 0 Å². The van der Waals surface area contributed by atoms with Crippen molar-refractivity contribution in [1.82, 2.24) is 26.3 Å². The van der Waals surface area contributed by atoms with Gasteiger partial charge in [-0.1, -0.05) is 78.8 Å². The van der Waals surface area contributed by atoms with Crippen molar-refractivity contribution < 1.29 is 43.0 Å². The Morgan fingerprint density at radius 1 is 0.804 bits per heavy atom. The van der Waals surface area contributed by atoms with E-state index in [0.29, 0.717) is 30.3 Å². The second-order valence-corrected chi connectivity index (χ2v) is 14.2. The summed E-state index contributed by atoms with van der Waals surface area (Å²) in [4.78, 5) is 69.5. The molecule has 14 heteroatoms. The van der Waals surface area contributed by atoms with E-state index in [1.54, 1.807) is 45.0 Å². The smallest absolute Gasteiger partial charge is 0.408 e. The molecule has 4 amide bonds. The van der Waals surface area contributed by atoms with Crippen LogP contribution >= 0.6 is 0 Å². The van der Waals surface area contributed by atoms with Crippen LogP contribution in [0.2, 0.25) is 0 Å². The summed E-state index contributed by atoms with van der Waals surface area (Å²) in [6, 6.07) is 5.97. The van der Waals surface area contributed by atoms with Crippen molar-refractivity contribution in [3.8, 4) is 0 Å². The molecule has 1 aromatic carbocycles. The fourth-order valence-electron chi connectivity index (χ4n) is 5.18. The minimum atomic E-state index is -1.42. The zero-order valence-corrected chi connectivity index (χ0v) is 31.4. The minimum absolute atomic E-state index is 0.0189. The first kappa shape index (κ1) is 42.7. The molecule has 0 aliphatic heterocycles. The van der Waals surface area contributed by atoms with Crippen molar-refractivity contribution in [1.29, 1.82) is 0 Å². The molecule has 2 aromatic rings. The van der Waals surface area contributed by atoms with E-state index in [9.17, 15) is 29.1 Å². The molecule has 0 fully saturated rings. The number of aliphatic hydroxyl groups is 1. The number of nitrogens with one attached hydrogen (secondary N) is 4. The maximum atomic E-state index is 13.7. The lowest BCUT2D eigenvalue weighted by Gasteiger charge is -2.30. The number of ether oxygens (including phenoxy) is 2. The van der Waals surface area contributed by atoms with Crippen molar-refractivity contribution in [2.45, 2.75) is 119 Å². The number of oxazole rings is 1. The average Bonchev–Trinajstić information content (AvgIpc) is 3.39. The van der Waals surface area contributed by atoms with Crippen LogP contribution in [-0.4, -0.2) is 70.6 Å². The van der Waals surface area contributed by atoms with Crippen LogP contribution in [0, 0.1) is 37.5 Å². The van der Waals surface area contributed by atoms with Crippen LogP contribution in [-0.2, 0) is 41.9 Å². The molecule has 5 atom stereocenters. The number of esters is 1. The molecular weight excluding hydrogens is 658 g/mol. The molecule has 0 aliphatic rings. The number of rotatable bonds is 20.